The highest BCUT2D eigenvalue weighted by atomic mass is 16.7. The third-order valence-electron chi connectivity index (χ3n) is 4.03. The van der Waals surface area contributed by atoms with Gasteiger partial charge in [-0.2, -0.15) is 0 Å². The molecule has 6 heteroatoms. The molecule has 3 rings (SSSR count). The second-order valence-corrected chi connectivity index (χ2v) is 6.35. The standard InChI is InChI=1S/C20H25NO5/c1-3-8-23-13-17(22)11-21(12-18-6-4-15(2)26-18)10-16-5-7-19-20(9-16)25-14-24-19/h3-7,9,17,22H,1,8,10-14H2,2H3. The summed E-state index contributed by atoms with van der Waals surface area (Å²) in [5, 5.41) is 10.3. The van der Waals surface area contributed by atoms with Crippen molar-refractivity contribution in [3.63, 3.8) is 0 Å². The summed E-state index contributed by atoms with van der Waals surface area (Å²) in [6.45, 7) is 8.19. The fourth-order valence-electron chi connectivity index (χ4n) is 2.91. The molecular formula is C20H25NO5. The minimum absolute atomic E-state index is 0.257. The van der Waals surface area contributed by atoms with E-state index in [0.29, 0.717) is 26.2 Å². The Balaban J connectivity index is 1.66. The lowest BCUT2D eigenvalue weighted by Gasteiger charge is -2.24. The van der Waals surface area contributed by atoms with Crippen molar-refractivity contribution in [3.05, 3.63) is 60.1 Å². The van der Waals surface area contributed by atoms with Gasteiger partial charge in [0.2, 0.25) is 6.79 Å². The van der Waals surface area contributed by atoms with Gasteiger partial charge in [0.25, 0.3) is 0 Å². The van der Waals surface area contributed by atoms with Crippen LogP contribution in [0.5, 0.6) is 11.5 Å². The Morgan fingerprint density at radius 1 is 1.23 bits per heavy atom. The SMILES string of the molecule is C=CCOCC(O)CN(Cc1ccc2c(c1)OCO2)Cc1ccc(C)o1. The molecule has 1 N–H and O–H groups in total. The van der Waals surface area contributed by atoms with Crippen molar-refractivity contribution in [1.29, 1.82) is 0 Å². The fourth-order valence-corrected chi connectivity index (χ4v) is 2.91. The van der Waals surface area contributed by atoms with Crippen molar-refractivity contribution >= 4 is 0 Å². The minimum atomic E-state index is -0.597. The molecule has 26 heavy (non-hydrogen) atoms. The number of benzene rings is 1. The topological polar surface area (TPSA) is 64.3 Å². The van der Waals surface area contributed by atoms with E-state index in [-0.39, 0.29) is 13.4 Å². The van der Waals surface area contributed by atoms with Crippen molar-refractivity contribution in [3.8, 4) is 11.5 Å². The summed E-state index contributed by atoms with van der Waals surface area (Å²) in [5.41, 5.74) is 1.08. The molecule has 1 atom stereocenters. The molecule has 140 valence electrons. The molecule has 0 spiro atoms. The number of fused-ring (bicyclic) bond motifs is 1. The number of aliphatic hydroxyl groups is 1. The second-order valence-electron chi connectivity index (χ2n) is 6.35. The molecular weight excluding hydrogens is 334 g/mol. The molecule has 1 aromatic carbocycles. The molecule has 0 fully saturated rings. The zero-order chi connectivity index (χ0) is 18.4. The van der Waals surface area contributed by atoms with Gasteiger partial charge in [-0.15, -0.1) is 6.58 Å². The Kier molecular flexibility index (Phi) is 6.33. The van der Waals surface area contributed by atoms with E-state index in [1.807, 2.05) is 37.3 Å². The van der Waals surface area contributed by atoms with Gasteiger partial charge in [0.05, 0.1) is 25.9 Å². The molecule has 0 aliphatic carbocycles. The zero-order valence-electron chi connectivity index (χ0n) is 15.0. The van der Waals surface area contributed by atoms with Crippen molar-refractivity contribution in [2.24, 2.45) is 0 Å². The van der Waals surface area contributed by atoms with Gasteiger partial charge in [-0.05, 0) is 36.8 Å². The normalized spacial score (nSPS) is 14.0. The van der Waals surface area contributed by atoms with Crippen LogP contribution in [-0.2, 0) is 17.8 Å². The van der Waals surface area contributed by atoms with Crippen LogP contribution in [0.25, 0.3) is 0 Å². The number of aliphatic hydroxyl groups excluding tert-OH is 1. The van der Waals surface area contributed by atoms with Crippen LogP contribution in [0, 0.1) is 6.92 Å². The van der Waals surface area contributed by atoms with Gasteiger partial charge in [-0.3, -0.25) is 4.90 Å². The summed E-state index contributed by atoms with van der Waals surface area (Å²) in [6, 6.07) is 9.80. The number of hydrogen-bond acceptors (Lipinski definition) is 6. The monoisotopic (exact) mass is 359 g/mol. The van der Waals surface area contributed by atoms with Crippen molar-refractivity contribution in [2.45, 2.75) is 26.1 Å². The molecule has 1 aromatic heterocycles. The van der Waals surface area contributed by atoms with E-state index in [1.54, 1.807) is 6.08 Å². The van der Waals surface area contributed by atoms with Gasteiger partial charge in [0.1, 0.15) is 11.5 Å². The number of ether oxygens (including phenoxy) is 3. The summed E-state index contributed by atoms with van der Waals surface area (Å²) in [7, 11) is 0. The van der Waals surface area contributed by atoms with E-state index >= 15 is 0 Å². The van der Waals surface area contributed by atoms with Gasteiger partial charge in [-0.1, -0.05) is 12.1 Å². The molecule has 0 saturated heterocycles. The molecule has 1 aliphatic heterocycles. The molecule has 1 unspecified atom stereocenters. The molecule has 0 radical (unpaired) electrons. The number of furan rings is 1. The Hall–Kier alpha value is -2.28. The first-order valence-electron chi connectivity index (χ1n) is 8.67. The third kappa shape index (κ3) is 5.11. The molecule has 0 saturated carbocycles. The molecule has 1 aliphatic rings. The first-order valence-corrected chi connectivity index (χ1v) is 8.67. The average Bonchev–Trinajstić information content (AvgIpc) is 3.23. The summed E-state index contributed by atoms with van der Waals surface area (Å²) in [6.07, 6.45) is 1.07. The van der Waals surface area contributed by atoms with E-state index in [2.05, 4.69) is 11.5 Å². The second kappa shape index (κ2) is 8.89. The van der Waals surface area contributed by atoms with Crippen molar-refractivity contribution in [1.82, 2.24) is 4.90 Å². The third-order valence-corrected chi connectivity index (χ3v) is 4.03. The lowest BCUT2D eigenvalue weighted by Crippen LogP contribution is -2.34. The maximum Gasteiger partial charge on any atom is 0.231 e. The Bertz CT molecular complexity index is 727. The zero-order valence-corrected chi connectivity index (χ0v) is 15.0. The predicted octanol–water partition coefficient (Wildman–Crippen LogP) is 2.88. The maximum absolute atomic E-state index is 10.3. The minimum Gasteiger partial charge on any atom is -0.465 e. The van der Waals surface area contributed by atoms with Gasteiger partial charge in [0.15, 0.2) is 11.5 Å². The smallest absolute Gasteiger partial charge is 0.231 e. The van der Waals surface area contributed by atoms with Crippen LogP contribution in [-0.4, -0.2) is 42.7 Å². The Morgan fingerprint density at radius 3 is 2.85 bits per heavy atom. The molecule has 6 nitrogen and oxygen atoms in total. The largest absolute Gasteiger partial charge is 0.465 e. The number of nitrogens with zero attached hydrogens (tertiary/aromatic N) is 1. The number of rotatable bonds is 10. The van der Waals surface area contributed by atoms with E-state index < -0.39 is 6.10 Å². The van der Waals surface area contributed by atoms with E-state index in [0.717, 1.165) is 28.6 Å². The first-order chi connectivity index (χ1) is 12.6. The van der Waals surface area contributed by atoms with Gasteiger partial charge >= 0.3 is 0 Å². The highest BCUT2D eigenvalue weighted by Crippen LogP contribution is 2.33. The van der Waals surface area contributed by atoms with E-state index in [1.165, 1.54) is 0 Å². The lowest BCUT2D eigenvalue weighted by molar-refractivity contribution is 0.0215. The van der Waals surface area contributed by atoms with Crippen molar-refractivity contribution in [2.75, 3.05) is 26.6 Å². The molecule has 2 aromatic rings. The van der Waals surface area contributed by atoms with Crippen LogP contribution in [0.4, 0.5) is 0 Å². The Morgan fingerprint density at radius 2 is 2.08 bits per heavy atom. The van der Waals surface area contributed by atoms with Crippen LogP contribution in [0.1, 0.15) is 17.1 Å². The maximum atomic E-state index is 10.3. The average molecular weight is 359 g/mol. The van der Waals surface area contributed by atoms with E-state index in [4.69, 9.17) is 18.6 Å². The van der Waals surface area contributed by atoms with Crippen LogP contribution in [0.3, 0.4) is 0 Å². The van der Waals surface area contributed by atoms with E-state index in [9.17, 15) is 5.11 Å². The van der Waals surface area contributed by atoms with Crippen LogP contribution < -0.4 is 9.47 Å². The number of hydrogen-bond donors (Lipinski definition) is 1. The van der Waals surface area contributed by atoms with Crippen LogP contribution in [0.2, 0.25) is 0 Å². The lowest BCUT2D eigenvalue weighted by atomic mass is 10.1. The quantitative estimate of drug-likeness (QED) is 0.520. The predicted molar refractivity (Wildman–Crippen MR) is 97.1 cm³/mol. The summed E-state index contributed by atoms with van der Waals surface area (Å²) in [5.74, 6) is 3.26. The molecule has 0 bridgehead atoms. The highest BCUT2D eigenvalue weighted by Gasteiger charge is 2.18. The first kappa shape index (κ1) is 18.5. The number of aryl methyl sites for hydroxylation is 1. The fraction of sp³-hybridized carbons (Fsp3) is 0.400. The summed E-state index contributed by atoms with van der Waals surface area (Å²) in [4.78, 5) is 2.12. The Labute approximate surface area is 153 Å². The molecule has 0 amide bonds. The summed E-state index contributed by atoms with van der Waals surface area (Å²) >= 11 is 0. The van der Waals surface area contributed by atoms with Crippen LogP contribution >= 0.6 is 0 Å². The van der Waals surface area contributed by atoms with Gasteiger partial charge in [0, 0.05) is 13.1 Å². The molecule has 2 heterocycles. The van der Waals surface area contributed by atoms with Crippen LogP contribution in [0.15, 0.2) is 47.4 Å². The van der Waals surface area contributed by atoms with Gasteiger partial charge in [-0.25, -0.2) is 0 Å². The van der Waals surface area contributed by atoms with Gasteiger partial charge < -0.3 is 23.7 Å². The van der Waals surface area contributed by atoms with Crippen molar-refractivity contribution < 1.29 is 23.7 Å². The highest BCUT2D eigenvalue weighted by molar-refractivity contribution is 5.44. The summed E-state index contributed by atoms with van der Waals surface area (Å²) < 4.78 is 21.9.